The van der Waals surface area contributed by atoms with E-state index in [0.29, 0.717) is 18.9 Å². The van der Waals surface area contributed by atoms with Crippen LogP contribution in [-0.2, 0) is 0 Å². The Bertz CT molecular complexity index is 214. The van der Waals surface area contributed by atoms with Crippen LogP contribution in [0.25, 0.3) is 0 Å². The molecule has 4 nitrogen and oxygen atoms in total. The number of amides is 1. The standard InChI is InChI=1S/C12H23NO3/c1-13(12(15)16)8-7-11(14)9-10-5-3-2-4-6-10/h10-11,14H,2-9H2,1H3,(H,15,16). The highest BCUT2D eigenvalue weighted by Crippen LogP contribution is 2.27. The van der Waals surface area contributed by atoms with Gasteiger partial charge in [0.15, 0.2) is 0 Å². The molecule has 1 saturated carbocycles. The molecule has 0 spiro atoms. The summed E-state index contributed by atoms with van der Waals surface area (Å²) < 4.78 is 0. The van der Waals surface area contributed by atoms with Crippen LogP contribution in [0.1, 0.15) is 44.9 Å². The lowest BCUT2D eigenvalue weighted by atomic mass is 9.85. The first-order valence-electron chi connectivity index (χ1n) is 6.21. The fraction of sp³-hybridized carbons (Fsp3) is 0.917. The SMILES string of the molecule is CN(CCC(O)CC1CCCCC1)C(=O)O. The van der Waals surface area contributed by atoms with Crippen molar-refractivity contribution in [3.8, 4) is 0 Å². The van der Waals surface area contributed by atoms with Crippen molar-refractivity contribution in [2.24, 2.45) is 5.92 Å². The fourth-order valence-electron chi connectivity index (χ4n) is 2.36. The summed E-state index contributed by atoms with van der Waals surface area (Å²) in [6.45, 7) is 0.420. The number of nitrogens with zero attached hydrogens (tertiary/aromatic N) is 1. The number of rotatable bonds is 5. The van der Waals surface area contributed by atoms with Crippen LogP contribution in [0.4, 0.5) is 4.79 Å². The Balaban J connectivity index is 2.14. The summed E-state index contributed by atoms with van der Waals surface area (Å²) in [4.78, 5) is 11.8. The number of carbonyl (C=O) groups is 1. The largest absolute Gasteiger partial charge is 0.465 e. The lowest BCUT2D eigenvalue weighted by Gasteiger charge is -2.24. The smallest absolute Gasteiger partial charge is 0.407 e. The van der Waals surface area contributed by atoms with Crippen LogP contribution >= 0.6 is 0 Å². The van der Waals surface area contributed by atoms with Crippen LogP contribution < -0.4 is 0 Å². The highest BCUT2D eigenvalue weighted by molar-refractivity contribution is 5.64. The second kappa shape index (κ2) is 6.74. The van der Waals surface area contributed by atoms with E-state index in [2.05, 4.69) is 0 Å². The average molecular weight is 229 g/mol. The fourth-order valence-corrected chi connectivity index (χ4v) is 2.36. The van der Waals surface area contributed by atoms with Crippen molar-refractivity contribution in [2.75, 3.05) is 13.6 Å². The van der Waals surface area contributed by atoms with Gasteiger partial charge in [-0.3, -0.25) is 0 Å². The first kappa shape index (κ1) is 13.3. The third kappa shape index (κ3) is 4.84. The molecule has 1 aliphatic carbocycles. The maximum absolute atomic E-state index is 10.5. The van der Waals surface area contributed by atoms with Crippen LogP contribution in [0.2, 0.25) is 0 Å². The van der Waals surface area contributed by atoms with Gasteiger partial charge < -0.3 is 15.1 Å². The second-order valence-corrected chi connectivity index (χ2v) is 4.89. The maximum Gasteiger partial charge on any atom is 0.407 e. The van der Waals surface area contributed by atoms with E-state index < -0.39 is 6.09 Å². The maximum atomic E-state index is 10.5. The van der Waals surface area contributed by atoms with E-state index >= 15 is 0 Å². The van der Waals surface area contributed by atoms with Gasteiger partial charge >= 0.3 is 6.09 Å². The second-order valence-electron chi connectivity index (χ2n) is 4.89. The number of carboxylic acid groups (broad SMARTS) is 1. The van der Waals surface area contributed by atoms with Gasteiger partial charge in [-0.1, -0.05) is 32.1 Å². The number of hydrogen-bond donors (Lipinski definition) is 2. The number of hydrogen-bond acceptors (Lipinski definition) is 2. The van der Waals surface area contributed by atoms with Crippen molar-refractivity contribution in [1.29, 1.82) is 0 Å². The molecule has 1 fully saturated rings. The van der Waals surface area contributed by atoms with Crippen molar-refractivity contribution < 1.29 is 15.0 Å². The normalized spacial score (nSPS) is 19.4. The lowest BCUT2D eigenvalue weighted by molar-refractivity contribution is 0.106. The molecule has 16 heavy (non-hydrogen) atoms. The molecular weight excluding hydrogens is 206 g/mol. The molecule has 1 aliphatic rings. The Morgan fingerprint density at radius 3 is 2.56 bits per heavy atom. The molecule has 2 N–H and O–H groups in total. The zero-order valence-corrected chi connectivity index (χ0v) is 10.1. The Hall–Kier alpha value is -0.770. The highest BCUT2D eigenvalue weighted by Gasteiger charge is 2.18. The summed E-state index contributed by atoms with van der Waals surface area (Å²) in [6, 6.07) is 0. The van der Waals surface area contributed by atoms with Gasteiger partial charge in [-0.15, -0.1) is 0 Å². The molecule has 1 unspecified atom stereocenters. The molecule has 0 aromatic heterocycles. The Kier molecular flexibility index (Phi) is 5.60. The molecule has 0 heterocycles. The first-order chi connectivity index (χ1) is 7.59. The highest BCUT2D eigenvalue weighted by atomic mass is 16.4. The summed E-state index contributed by atoms with van der Waals surface area (Å²) in [5.74, 6) is 0.652. The average Bonchev–Trinajstić information content (AvgIpc) is 2.27. The van der Waals surface area contributed by atoms with E-state index in [1.54, 1.807) is 0 Å². The van der Waals surface area contributed by atoms with Crippen molar-refractivity contribution in [1.82, 2.24) is 4.90 Å². The Labute approximate surface area is 97.3 Å². The molecule has 1 atom stereocenters. The van der Waals surface area contributed by atoms with Crippen molar-refractivity contribution in [2.45, 2.75) is 51.0 Å². The van der Waals surface area contributed by atoms with Crippen LogP contribution in [0.15, 0.2) is 0 Å². The topological polar surface area (TPSA) is 60.8 Å². The molecule has 4 heteroatoms. The number of aliphatic hydroxyl groups is 1. The van der Waals surface area contributed by atoms with Gasteiger partial charge in [0, 0.05) is 13.6 Å². The Morgan fingerprint density at radius 1 is 1.38 bits per heavy atom. The summed E-state index contributed by atoms with van der Waals surface area (Å²) >= 11 is 0. The minimum absolute atomic E-state index is 0.343. The molecule has 1 amide bonds. The third-order valence-corrected chi connectivity index (χ3v) is 3.45. The van der Waals surface area contributed by atoms with E-state index in [-0.39, 0.29) is 6.10 Å². The molecule has 0 bridgehead atoms. The number of aliphatic hydroxyl groups excluding tert-OH is 1. The van der Waals surface area contributed by atoms with Crippen molar-refractivity contribution in [3.63, 3.8) is 0 Å². The van der Waals surface area contributed by atoms with Gasteiger partial charge in [0.25, 0.3) is 0 Å². The van der Waals surface area contributed by atoms with Crippen molar-refractivity contribution >= 4 is 6.09 Å². The van der Waals surface area contributed by atoms with Crippen LogP contribution in [0.3, 0.4) is 0 Å². The predicted molar refractivity (Wildman–Crippen MR) is 62.5 cm³/mol. The van der Waals surface area contributed by atoms with E-state index in [1.807, 2.05) is 0 Å². The molecule has 94 valence electrons. The predicted octanol–water partition coefficient (Wildman–Crippen LogP) is 2.32. The zero-order valence-electron chi connectivity index (χ0n) is 10.1. The first-order valence-corrected chi connectivity index (χ1v) is 6.21. The lowest BCUT2D eigenvalue weighted by Crippen LogP contribution is -2.29. The van der Waals surface area contributed by atoms with Crippen molar-refractivity contribution in [3.05, 3.63) is 0 Å². The van der Waals surface area contributed by atoms with E-state index in [0.717, 1.165) is 6.42 Å². The van der Waals surface area contributed by atoms with Gasteiger partial charge in [-0.25, -0.2) is 4.79 Å². The van der Waals surface area contributed by atoms with Crippen LogP contribution in [0, 0.1) is 5.92 Å². The quantitative estimate of drug-likeness (QED) is 0.760. The summed E-state index contributed by atoms with van der Waals surface area (Å²) in [7, 11) is 1.54. The molecule has 0 radical (unpaired) electrons. The molecule has 0 aromatic rings. The van der Waals surface area contributed by atoms with Gasteiger partial charge in [0.05, 0.1) is 6.10 Å². The monoisotopic (exact) mass is 229 g/mol. The van der Waals surface area contributed by atoms with Gasteiger partial charge in [0.2, 0.25) is 0 Å². The summed E-state index contributed by atoms with van der Waals surface area (Å²) in [6.07, 6.45) is 6.48. The van der Waals surface area contributed by atoms with E-state index in [1.165, 1.54) is 44.1 Å². The third-order valence-electron chi connectivity index (χ3n) is 3.45. The molecule has 0 aliphatic heterocycles. The molecule has 1 rings (SSSR count). The molecular formula is C12H23NO3. The van der Waals surface area contributed by atoms with E-state index in [9.17, 15) is 9.90 Å². The van der Waals surface area contributed by atoms with Gasteiger partial charge in [-0.05, 0) is 18.8 Å². The minimum atomic E-state index is -0.926. The molecule has 0 aromatic carbocycles. The minimum Gasteiger partial charge on any atom is -0.465 e. The Morgan fingerprint density at radius 2 is 2.00 bits per heavy atom. The summed E-state index contributed by atoms with van der Waals surface area (Å²) in [5, 5.41) is 18.5. The van der Waals surface area contributed by atoms with Crippen LogP contribution in [0.5, 0.6) is 0 Å². The van der Waals surface area contributed by atoms with Gasteiger partial charge in [-0.2, -0.15) is 0 Å². The zero-order chi connectivity index (χ0) is 12.0. The van der Waals surface area contributed by atoms with Crippen LogP contribution in [-0.4, -0.2) is 40.9 Å². The molecule has 0 saturated heterocycles. The van der Waals surface area contributed by atoms with Gasteiger partial charge in [0.1, 0.15) is 0 Å². The summed E-state index contributed by atoms with van der Waals surface area (Å²) in [5.41, 5.74) is 0. The van der Waals surface area contributed by atoms with E-state index in [4.69, 9.17) is 5.11 Å².